The van der Waals surface area contributed by atoms with Crippen molar-refractivity contribution in [3.8, 4) is 5.75 Å². The van der Waals surface area contributed by atoms with Crippen LogP contribution in [0.25, 0.3) is 0 Å². The maximum absolute atomic E-state index is 14.2. The van der Waals surface area contributed by atoms with Gasteiger partial charge in [-0.25, -0.2) is 8.78 Å². The summed E-state index contributed by atoms with van der Waals surface area (Å²) in [6.45, 7) is -0.333. The number of hydrogen-bond acceptors (Lipinski definition) is 3. The number of phenolic OH excluding ortho intramolecular Hbond substituents is 1. The van der Waals surface area contributed by atoms with E-state index < -0.39 is 46.0 Å². The Balaban J connectivity index is 1.73. The predicted molar refractivity (Wildman–Crippen MR) is 123 cm³/mol. The number of carbonyl (C=O) groups is 1. The zero-order valence-electron chi connectivity index (χ0n) is 18.2. The molecule has 0 fully saturated rings. The van der Waals surface area contributed by atoms with E-state index in [1.807, 2.05) is 91.0 Å². The van der Waals surface area contributed by atoms with Crippen LogP contribution in [0.5, 0.6) is 5.75 Å². The molecular weight excluding hydrogens is 460 g/mol. The molecule has 0 saturated heterocycles. The first-order valence-electron chi connectivity index (χ1n) is 10.6. The Morgan fingerprint density at radius 3 is 1.40 bits per heavy atom. The van der Waals surface area contributed by atoms with E-state index in [-0.39, 0.29) is 6.67 Å². The van der Waals surface area contributed by atoms with E-state index in [9.17, 15) is 22.4 Å². The molecule has 0 aromatic heterocycles. The molecule has 0 saturated carbocycles. The zero-order chi connectivity index (χ0) is 25.0. The normalized spacial score (nSPS) is 11.3. The average molecular weight is 480 g/mol. The second kappa shape index (κ2) is 9.99. The van der Waals surface area contributed by atoms with Gasteiger partial charge in [0.15, 0.2) is 17.4 Å². The molecule has 0 bridgehead atoms. The van der Waals surface area contributed by atoms with Gasteiger partial charge in [-0.05, 0) is 16.7 Å². The summed E-state index contributed by atoms with van der Waals surface area (Å²) in [4.78, 5) is 12.6. The number of nitrogens with one attached hydrogen (secondary N) is 2. The second-order valence-electron chi connectivity index (χ2n) is 7.69. The summed E-state index contributed by atoms with van der Waals surface area (Å²) >= 11 is 0. The quantitative estimate of drug-likeness (QED) is 0.147. The van der Waals surface area contributed by atoms with Gasteiger partial charge in [-0.15, -0.1) is 0 Å². The molecule has 4 rings (SSSR count). The Kier molecular flexibility index (Phi) is 6.84. The van der Waals surface area contributed by atoms with E-state index in [1.54, 1.807) is 0 Å². The summed E-state index contributed by atoms with van der Waals surface area (Å²) in [5.74, 6) is -11.3. The van der Waals surface area contributed by atoms with Gasteiger partial charge in [0.05, 0.1) is 12.2 Å². The van der Waals surface area contributed by atoms with Crippen LogP contribution in [0.15, 0.2) is 91.0 Å². The maximum atomic E-state index is 14.2. The summed E-state index contributed by atoms with van der Waals surface area (Å²) in [6, 6.07) is 28.0. The summed E-state index contributed by atoms with van der Waals surface area (Å²) in [6.07, 6.45) is 0. The Labute approximate surface area is 198 Å². The van der Waals surface area contributed by atoms with Crippen molar-refractivity contribution in [2.24, 2.45) is 0 Å². The standard InChI is InChI=1S/C27H20F4N2O2/c28-21-20(22(29)24(31)25(34)23(21)30)26(35)32-16-33-27(17-10-4-1-5-11-17,18-12-6-2-7-13-18)19-14-8-3-9-15-19/h1-15,33-34H,16H2,(H,32,35). The van der Waals surface area contributed by atoms with Crippen LogP contribution in [0.3, 0.4) is 0 Å². The van der Waals surface area contributed by atoms with Gasteiger partial charge >= 0.3 is 0 Å². The van der Waals surface area contributed by atoms with Crippen molar-refractivity contribution in [1.29, 1.82) is 0 Å². The van der Waals surface area contributed by atoms with Crippen molar-refractivity contribution >= 4 is 5.91 Å². The number of carbonyl (C=O) groups excluding carboxylic acids is 1. The van der Waals surface area contributed by atoms with Gasteiger partial charge in [0.1, 0.15) is 5.56 Å². The second-order valence-corrected chi connectivity index (χ2v) is 7.69. The first-order valence-corrected chi connectivity index (χ1v) is 10.6. The van der Waals surface area contributed by atoms with Gasteiger partial charge in [0.25, 0.3) is 5.91 Å². The third-order valence-corrected chi connectivity index (χ3v) is 5.69. The van der Waals surface area contributed by atoms with Crippen LogP contribution < -0.4 is 10.6 Å². The first kappa shape index (κ1) is 24.0. The van der Waals surface area contributed by atoms with E-state index in [1.165, 1.54) is 0 Å². The largest absolute Gasteiger partial charge is 0.503 e. The summed E-state index contributed by atoms with van der Waals surface area (Å²) in [5.41, 5.74) is -0.0360. The average Bonchev–Trinajstić information content (AvgIpc) is 2.90. The fourth-order valence-corrected chi connectivity index (χ4v) is 4.04. The fourth-order valence-electron chi connectivity index (χ4n) is 4.04. The lowest BCUT2D eigenvalue weighted by molar-refractivity contribution is 0.0936. The smallest absolute Gasteiger partial charge is 0.258 e. The minimum Gasteiger partial charge on any atom is -0.503 e. The van der Waals surface area contributed by atoms with Crippen LogP contribution in [-0.2, 0) is 5.54 Å². The minimum atomic E-state index is -2.05. The van der Waals surface area contributed by atoms with Crippen LogP contribution >= 0.6 is 0 Å². The summed E-state index contributed by atoms with van der Waals surface area (Å²) < 4.78 is 55.9. The van der Waals surface area contributed by atoms with Crippen molar-refractivity contribution in [3.05, 3.63) is 137 Å². The molecule has 0 radical (unpaired) electrons. The van der Waals surface area contributed by atoms with Gasteiger partial charge < -0.3 is 10.4 Å². The molecule has 0 aliphatic heterocycles. The molecule has 0 aliphatic rings. The van der Waals surface area contributed by atoms with E-state index in [4.69, 9.17) is 5.11 Å². The number of phenols is 1. The zero-order valence-corrected chi connectivity index (χ0v) is 18.2. The number of rotatable bonds is 7. The number of benzene rings is 4. The Morgan fingerprint density at radius 2 is 1.03 bits per heavy atom. The van der Waals surface area contributed by atoms with E-state index in [0.29, 0.717) is 0 Å². The third kappa shape index (κ3) is 4.36. The molecule has 0 spiro atoms. The number of hydrogen-bond donors (Lipinski definition) is 3. The van der Waals surface area contributed by atoms with Gasteiger partial charge in [-0.2, -0.15) is 8.78 Å². The summed E-state index contributed by atoms with van der Waals surface area (Å²) in [5, 5.41) is 14.7. The molecule has 0 atom stereocenters. The Morgan fingerprint density at radius 1 is 0.657 bits per heavy atom. The molecular formula is C27H20F4N2O2. The van der Waals surface area contributed by atoms with E-state index in [0.717, 1.165) is 16.7 Å². The highest BCUT2D eigenvalue weighted by Crippen LogP contribution is 2.36. The molecule has 8 heteroatoms. The van der Waals surface area contributed by atoms with Crippen LogP contribution in [0.1, 0.15) is 27.0 Å². The van der Waals surface area contributed by atoms with Crippen molar-refractivity contribution in [2.75, 3.05) is 6.67 Å². The molecule has 1 amide bonds. The van der Waals surface area contributed by atoms with Crippen LogP contribution in [0, 0.1) is 23.3 Å². The molecule has 4 aromatic carbocycles. The lowest BCUT2D eigenvalue weighted by Crippen LogP contribution is -2.49. The molecule has 0 heterocycles. The summed E-state index contributed by atoms with van der Waals surface area (Å²) in [7, 11) is 0. The maximum Gasteiger partial charge on any atom is 0.258 e. The molecule has 4 aromatic rings. The minimum absolute atomic E-state index is 0.333. The number of amides is 1. The molecule has 0 aliphatic carbocycles. The fraction of sp³-hybridized carbons (Fsp3) is 0.0741. The molecule has 4 nitrogen and oxygen atoms in total. The number of aromatic hydroxyl groups is 1. The van der Waals surface area contributed by atoms with Crippen molar-refractivity contribution < 1.29 is 27.5 Å². The van der Waals surface area contributed by atoms with Crippen LogP contribution in [0.4, 0.5) is 17.6 Å². The van der Waals surface area contributed by atoms with Gasteiger partial charge in [-0.1, -0.05) is 91.0 Å². The van der Waals surface area contributed by atoms with Crippen molar-refractivity contribution in [2.45, 2.75) is 5.54 Å². The van der Waals surface area contributed by atoms with Gasteiger partial charge in [0.2, 0.25) is 11.6 Å². The topological polar surface area (TPSA) is 61.4 Å². The SMILES string of the molecule is O=C(NCNC(c1ccccc1)(c1ccccc1)c1ccccc1)c1c(F)c(F)c(O)c(F)c1F. The monoisotopic (exact) mass is 480 g/mol. The van der Waals surface area contributed by atoms with Crippen LogP contribution in [0.2, 0.25) is 0 Å². The number of halogens is 4. The highest BCUT2D eigenvalue weighted by atomic mass is 19.2. The van der Waals surface area contributed by atoms with Crippen molar-refractivity contribution in [3.63, 3.8) is 0 Å². The predicted octanol–water partition coefficient (Wildman–Crippen LogP) is 5.22. The van der Waals surface area contributed by atoms with E-state index in [2.05, 4.69) is 10.6 Å². The van der Waals surface area contributed by atoms with Gasteiger partial charge in [0, 0.05) is 0 Å². The van der Waals surface area contributed by atoms with Crippen LogP contribution in [-0.4, -0.2) is 17.7 Å². The molecule has 0 unspecified atom stereocenters. The molecule has 35 heavy (non-hydrogen) atoms. The lowest BCUT2D eigenvalue weighted by atomic mass is 9.77. The first-order chi connectivity index (χ1) is 16.9. The highest BCUT2D eigenvalue weighted by molar-refractivity contribution is 5.95. The van der Waals surface area contributed by atoms with Crippen molar-refractivity contribution in [1.82, 2.24) is 10.6 Å². The molecule has 3 N–H and O–H groups in total. The van der Waals surface area contributed by atoms with E-state index >= 15 is 0 Å². The Hall–Kier alpha value is -4.17. The van der Waals surface area contributed by atoms with Gasteiger partial charge in [-0.3, -0.25) is 10.1 Å². The lowest BCUT2D eigenvalue weighted by Gasteiger charge is -2.37. The highest BCUT2D eigenvalue weighted by Gasteiger charge is 2.36. The Bertz CT molecular complexity index is 1210. The molecule has 178 valence electrons. The third-order valence-electron chi connectivity index (χ3n) is 5.69.